The predicted molar refractivity (Wildman–Crippen MR) is 79.2 cm³/mol. The van der Waals surface area contributed by atoms with Crippen molar-refractivity contribution in [3.63, 3.8) is 0 Å². The SMILES string of the molecule is COc1ccc(C=O)c(OCc2cc(Cl)ccc2Cl)c1. The van der Waals surface area contributed by atoms with E-state index in [9.17, 15) is 4.79 Å². The molecule has 0 saturated heterocycles. The van der Waals surface area contributed by atoms with Crippen LogP contribution in [0.2, 0.25) is 10.0 Å². The summed E-state index contributed by atoms with van der Waals surface area (Å²) in [6.45, 7) is 0.216. The zero-order valence-electron chi connectivity index (χ0n) is 10.7. The molecule has 0 aliphatic carbocycles. The van der Waals surface area contributed by atoms with Gasteiger partial charge in [-0.2, -0.15) is 0 Å². The number of hydrogen-bond donors (Lipinski definition) is 0. The molecule has 0 unspecified atom stereocenters. The van der Waals surface area contributed by atoms with Crippen molar-refractivity contribution in [1.29, 1.82) is 0 Å². The Morgan fingerprint density at radius 3 is 2.65 bits per heavy atom. The molecular weight excluding hydrogens is 299 g/mol. The van der Waals surface area contributed by atoms with Gasteiger partial charge in [-0.3, -0.25) is 4.79 Å². The highest BCUT2D eigenvalue weighted by atomic mass is 35.5. The quantitative estimate of drug-likeness (QED) is 0.768. The van der Waals surface area contributed by atoms with Gasteiger partial charge in [-0.05, 0) is 30.3 Å². The summed E-state index contributed by atoms with van der Waals surface area (Å²) < 4.78 is 10.7. The summed E-state index contributed by atoms with van der Waals surface area (Å²) in [7, 11) is 1.55. The summed E-state index contributed by atoms with van der Waals surface area (Å²) in [4.78, 5) is 11.0. The van der Waals surface area contributed by atoms with Gasteiger partial charge >= 0.3 is 0 Å². The Balaban J connectivity index is 2.21. The molecule has 2 aromatic rings. The van der Waals surface area contributed by atoms with E-state index in [2.05, 4.69) is 0 Å². The zero-order valence-corrected chi connectivity index (χ0v) is 12.2. The van der Waals surface area contributed by atoms with Crippen LogP contribution in [0.1, 0.15) is 15.9 Å². The largest absolute Gasteiger partial charge is 0.497 e. The number of aldehydes is 1. The molecule has 0 aromatic heterocycles. The number of rotatable bonds is 5. The lowest BCUT2D eigenvalue weighted by Gasteiger charge is -2.11. The minimum absolute atomic E-state index is 0.216. The molecule has 5 heteroatoms. The van der Waals surface area contributed by atoms with Crippen molar-refractivity contribution >= 4 is 29.5 Å². The molecule has 0 spiro atoms. The maximum absolute atomic E-state index is 11.0. The maximum Gasteiger partial charge on any atom is 0.153 e. The molecule has 0 N–H and O–H groups in total. The Hall–Kier alpha value is -1.71. The fourth-order valence-corrected chi connectivity index (χ4v) is 2.04. The van der Waals surface area contributed by atoms with Crippen LogP contribution in [0.15, 0.2) is 36.4 Å². The molecule has 0 aliphatic heterocycles. The van der Waals surface area contributed by atoms with E-state index in [1.54, 1.807) is 43.5 Å². The van der Waals surface area contributed by atoms with Gasteiger partial charge in [0.05, 0.1) is 12.7 Å². The average molecular weight is 311 g/mol. The van der Waals surface area contributed by atoms with E-state index in [1.165, 1.54) is 0 Å². The summed E-state index contributed by atoms with van der Waals surface area (Å²) in [5, 5.41) is 1.14. The normalized spacial score (nSPS) is 10.2. The molecule has 0 heterocycles. The van der Waals surface area contributed by atoms with Crippen LogP contribution in [0, 0.1) is 0 Å². The van der Waals surface area contributed by atoms with E-state index >= 15 is 0 Å². The van der Waals surface area contributed by atoms with Gasteiger partial charge in [-0.25, -0.2) is 0 Å². The molecule has 0 amide bonds. The number of benzene rings is 2. The molecule has 0 radical (unpaired) electrons. The van der Waals surface area contributed by atoms with Crippen molar-refractivity contribution in [3.8, 4) is 11.5 Å². The van der Waals surface area contributed by atoms with Crippen LogP contribution in [-0.4, -0.2) is 13.4 Å². The van der Waals surface area contributed by atoms with E-state index in [0.29, 0.717) is 27.1 Å². The first kappa shape index (κ1) is 14.7. The third kappa shape index (κ3) is 3.44. The third-order valence-corrected chi connectivity index (χ3v) is 3.34. The molecule has 2 rings (SSSR count). The van der Waals surface area contributed by atoms with Crippen molar-refractivity contribution in [3.05, 3.63) is 57.6 Å². The van der Waals surface area contributed by atoms with E-state index < -0.39 is 0 Å². The summed E-state index contributed by atoms with van der Waals surface area (Å²) in [6, 6.07) is 10.1. The molecule has 0 atom stereocenters. The number of ether oxygens (including phenoxy) is 2. The Kier molecular flexibility index (Phi) is 4.88. The molecule has 104 valence electrons. The topological polar surface area (TPSA) is 35.5 Å². The van der Waals surface area contributed by atoms with Gasteiger partial charge in [0.1, 0.15) is 18.1 Å². The highest BCUT2D eigenvalue weighted by molar-refractivity contribution is 6.33. The average Bonchev–Trinajstić information content (AvgIpc) is 2.47. The van der Waals surface area contributed by atoms with E-state index in [1.807, 2.05) is 0 Å². The Labute approximate surface area is 127 Å². The lowest BCUT2D eigenvalue weighted by molar-refractivity contribution is 0.111. The van der Waals surface area contributed by atoms with Crippen LogP contribution in [0.3, 0.4) is 0 Å². The zero-order chi connectivity index (χ0) is 14.5. The molecule has 0 saturated carbocycles. The van der Waals surface area contributed by atoms with Crippen molar-refractivity contribution < 1.29 is 14.3 Å². The van der Waals surface area contributed by atoms with Crippen LogP contribution in [0.25, 0.3) is 0 Å². The van der Waals surface area contributed by atoms with Crippen molar-refractivity contribution in [2.24, 2.45) is 0 Å². The summed E-state index contributed by atoms with van der Waals surface area (Å²) >= 11 is 12.0. The van der Waals surface area contributed by atoms with Gasteiger partial charge in [0.2, 0.25) is 0 Å². The predicted octanol–water partition coefficient (Wildman–Crippen LogP) is 4.39. The first-order valence-corrected chi connectivity index (χ1v) is 6.59. The lowest BCUT2D eigenvalue weighted by Crippen LogP contribution is -1.99. The smallest absolute Gasteiger partial charge is 0.153 e. The van der Waals surface area contributed by atoms with Crippen LogP contribution in [-0.2, 0) is 6.61 Å². The lowest BCUT2D eigenvalue weighted by atomic mass is 10.2. The van der Waals surface area contributed by atoms with Gasteiger partial charge < -0.3 is 9.47 Å². The standard InChI is InChI=1S/C15H12Cl2O3/c1-19-13-4-2-10(8-18)15(7-13)20-9-11-6-12(16)3-5-14(11)17/h2-8H,9H2,1H3. The van der Waals surface area contributed by atoms with Crippen molar-refractivity contribution in [2.45, 2.75) is 6.61 Å². The van der Waals surface area contributed by atoms with Crippen molar-refractivity contribution in [1.82, 2.24) is 0 Å². The highest BCUT2D eigenvalue weighted by Crippen LogP contribution is 2.26. The number of hydrogen-bond acceptors (Lipinski definition) is 3. The van der Waals surface area contributed by atoms with Crippen LogP contribution in [0.5, 0.6) is 11.5 Å². The highest BCUT2D eigenvalue weighted by Gasteiger charge is 2.07. The number of methoxy groups -OCH3 is 1. The maximum atomic E-state index is 11.0. The Bertz CT molecular complexity index is 627. The molecule has 2 aromatic carbocycles. The second-order valence-electron chi connectivity index (χ2n) is 4.05. The van der Waals surface area contributed by atoms with Gasteiger partial charge in [0.25, 0.3) is 0 Å². The third-order valence-electron chi connectivity index (χ3n) is 2.74. The van der Waals surface area contributed by atoms with E-state index in [4.69, 9.17) is 32.7 Å². The second-order valence-corrected chi connectivity index (χ2v) is 4.89. The first-order chi connectivity index (χ1) is 9.63. The number of halogens is 2. The van der Waals surface area contributed by atoms with Crippen LogP contribution < -0.4 is 9.47 Å². The second kappa shape index (κ2) is 6.64. The van der Waals surface area contributed by atoms with Gasteiger partial charge in [0.15, 0.2) is 6.29 Å². The minimum Gasteiger partial charge on any atom is -0.497 e. The van der Waals surface area contributed by atoms with Crippen molar-refractivity contribution in [2.75, 3.05) is 7.11 Å². The molecule has 3 nitrogen and oxygen atoms in total. The monoisotopic (exact) mass is 310 g/mol. The Morgan fingerprint density at radius 2 is 1.95 bits per heavy atom. The minimum atomic E-state index is 0.216. The molecule has 20 heavy (non-hydrogen) atoms. The van der Waals surface area contributed by atoms with E-state index in [0.717, 1.165) is 11.8 Å². The van der Waals surface area contributed by atoms with Crippen LogP contribution in [0.4, 0.5) is 0 Å². The fourth-order valence-electron chi connectivity index (χ4n) is 1.67. The summed E-state index contributed by atoms with van der Waals surface area (Å²) in [6.07, 6.45) is 0.731. The molecule has 0 bridgehead atoms. The van der Waals surface area contributed by atoms with Gasteiger partial charge in [-0.15, -0.1) is 0 Å². The fraction of sp³-hybridized carbons (Fsp3) is 0.133. The molecule has 0 aliphatic rings. The summed E-state index contributed by atoms with van der Waals surface area (Å²) in [5.74, 6) is 1.05. The first-order valence-electron chi connectivity index (χ1n) is 5.84. The summed E-state index contributed by atoms with van der Waals surface area (Å²) in [5.41, 5.74) is 1.20. The van der Waals surface area contributed by atoms with Gasteiger partial charge in [0, 0.05) is 21.7 Å². The Morgan fingerprint density at radius 1 is 1.15 bits per heavy atom. The van der Waals surface area contributed by atoms with E-state index in [-0.39, 0.29) is 6.61 Å². The number of carbonyl (C=O) groups is 1. The number of carbonyl (C=O) groups excluding carboxylic acids is 1. The van der Waals surface area contributed by atoms with Crippen LogP contribution >= 0.6 is 23.2 Å². The molecule has 0 fully saturated rings. The van der Waals surface area contributed by atoms with Gasteiger partial charge in [-0.1, -0.05) is 23.2 Å². The molecular formula is C15H12Cl2O3.